The van der Waals surface area contributed by atoms with Crippen LogP contribution in [0.1, 0.15) is 24.5 Å². The van der Waals surface area contributed by atoms with Crippen LogP contribution in [0.25, 0.3) is 0 Å². The van der Waals surface area contributed by atoms with Crippen molar-refractivity contribution in [1.82, 2.24) is 5.32 Å². The summed E-state index contributed by atoms with van der Waals surface area (Å²) in [6, 6.07) is 6.65. The molecule has 0 saturated carbocycles. The highest BCUT2D eigenvalue weighted by atomic mass is 19.3. The molecule has 90 valence electrons. The van der Waals surface area contributed by atoms with Crippen LogP contribution in [0, 0.1) is 0 Å². The molecule has 0 heterocycles. The number of methoxy groups -OCH3 is 1. The first-order valence-corrected chi connectivity index (χ1v) is 5.22. The maximum atomic E-state index is 12.4. The van der Waals surface area contributed by atoms with Gasteiger partial charge in [-0.05, 0) is 18.6 Å². The third-order valence-corrected chi connectivity index (χ3v) is 2.27. The van der Waals surface area contributed by atoms with Crippen molar-refractivity contribution >= 4 is 0 Å². The van der Waals surface area contributed by atoms with Gasteiger partial charge in [-0.25, -0.2) is 8.78 Å². The Hall–Kier alpha value is -1.00. The van der Waals surface area contributed by atoms with E-state index in [9.17, 15) is 8.78 Å². The maximum Gasteiger partial charge on any atom is 0.263 e. The van der Waals surface area contributed by atoms with Gasteiger partial charge >= 0.3 is 0 Å². The van der Waals surface area contributed by atoms with Crippen LogP contribution in [0.3, 0.4) is 0 Å². The van der Waals surface area contributed by atoms with Crippen LogP contribution in [0.2, 0.25) is 0 Å². The number of benzene rings is 1. The van der Waals surface area contributed by atoms with E-state index < -0.39 is 6.43 Å². The van der Waals surface area contributed by atoms with E-state index in [1.165, 1.54) is 12.1 Å². The Morgan fingerprint density at radius 2 is 2.12 bits per heavy atom. The van der Waals surface area contributed by atoms with Crippen molar-refractivity contribution in [2.24, 2.45) is 0 Å². The highest BCUT2D eigenvalue weighted by Crippen LogP contribution is 2.19. The van der Waals surface area contributed by atoms with Crippen LogP contribution in [-0.4, -0.2) is 19.8 Å². The molecule has 0 saturated heterocycles. The minimum absolute atomic E-state index is 0.0682. The van der Waals surface area contributed by atoms with Gasteiger partial charge in [0.15, 0.2) is 0 Å². The number of hydrogen-bond donors (Lipinski definition) is 1. The van der Waals surface area contributed by atoms with Crippen molar-refractivity contribution in [2.75, 3.05) is 13.7 Å². The Kier molecular flexibility index (Phi) is 5.35. The lowest BCUT2D eigenvalue weighted by molar-refractivity contribution is 0.151. The molecular formula is C12H17F2NO. The monoisotopic (exact) mass is 229 g/mol. The van der Waals surface area contributed by atoms with Crippen molar-refractivity contribution in [2.45, 2.75) is 25.9 Å². The van der Waals surface area contributed by atoms with Crippen LogP contribution < -0.4 is 5.32 Å². The number of hydrogen-bond acceptors (Lipinski definition) is 2. The summed E-state index contributed by atoms with van der Waals surface area (Å²) in [4.78, 5) is 0. The smallest absolute Gasteiger partial charge is 0.263 e. The quantitative estimate of drug-likeness (QED) is 0.809. The Labute approximate surface area is 94.6 Å². The predicted molar refractivity (Wildman–Crippen MR) is 59.6 cm³/mol. The molecule has 0 bridgehead atoms. The first-order valence-electron chi connectivity index (χ1n) is 5.22. The molecule has 0 aliphatic rings. The number of alkyl halides is 2. The number of rotatable bonds is 6. The van der Waals surface area contributed by atoms with Gasteiger partial charge in [0.05, 0.1) is 6.61 Å². The topological polar surface area (TPSA) is 21.3 Å². The third kappa shape index (κ3) is 4.24. The van der Waals surface area contributed by atoms with E-state index in [1.807, 2.05) is 13.0 Å². The minimum atomic E-state index is -2.41. The fraction of sp³-hybridized carbons (Fsp3) is 0.500. The summed E-state index contributed by atoms with van der Waals surface area (Å²) < 4.78 is 29.8. The molecule has 1 aromatic carbocycles. The highest BCUT2D eigenvalue weighted by molar-refractivity contribution is 5.24. The average molecular weight is 229 g/mol. The van der Waals surface area contributed by atoms with Gasteiger partial charge in [-0.3, -0.25) is 0 Å². The summed E-state index contributed by atoms with van der Waals surface area (Å²) in [7, 11) is 1.63. The molecule has 1 aromatic rings. The molecule has 16 heavy (non-hydrogen) atoms. The molecule has 0 spiro atoms. The van der Waals surface area contributed by atoms with Gasteiger partial charge in [-0.15, -0.1) is 0 Å². The Morgan fingerprint density at radius 1 is 1.38 bits per heavy atom. The van der Waals surface area contributed by atoms with Gasteiger partial charge in [0.2, 0.25) is 0 Å². The Morgan fingerprint density at radius 3 is 2.75 bits per heavy atom. The predicted octanol–water partition coefficient (Wildman–Crippen LogP) is 2.75. The van der Waals surface area contributed by atoms with Gasteiger partial charge in [0.1, 0.15) is 0 Å². The van der Waals surface area contributed by atoms with E-state index >= 15 is 0 Å². The Bertz CT molecular complexity index is 318. The van der Waals surface area contributed by atoms with E-state index in [0.29, 0.717) is 13.2 Å². The fourth-order valence-corrected chi connectivity index (χ4v) is 1.44. The fourth-order valence-electron chi connectivity index (χ4n) is 1.44. The van der Waals surface area contributed by atoms with Crippen molar-refractivity contribution < 1.29 is 13.5 Å². The van der Waals surface area contributed by atoms with Crippen LogP contribution in [0.5, 0.6) is 0 Å². The van der Waals surface area contributed by atoms with Crippen molar-refractivity contribution in [3.8, 4) is 0 Å². The first kappa shape index (κ1) is 13.1. The van der Waals surface area contributed by atoms with Gasteiger partial charge < -0.3 is 10.1 Å². The lowest BCUT2D eigenvalue weighted by atomic mass is 10.1. The van der Waals surface area contributed by atoms with E-state index in [1.54, 1.807) is 13.2 Å². The lowest BCUT2D eigenvalue weighted by Crippen LogP contribution is -2.29. The summed E-state index contributed by atoms with van der Waals surface area (Å²) in [6.45, 7) is 3.17. The highest BCUT2D eigenvalue weighted by Gasteiger charge is 2.07. The van der Waals surface area contributed by atoms with Gasteiger partial charge in [0, 0.05) is 25.3 Å². The standard InChI is InChI=1S/C12H17F2NO/c1-9(8-16-2)15-7-10-4-3-5-11(6-10)12(13)14/h3-6,9,12,15H,7-8H2,1-2H3. The van der Waals surface area contributed by atoms with Gasteiger partial charge in [-0.1, -0.05) is 18.2 Å². The molecule has 1 rings (SSSR count). The second-order valence-corrected chi connectivity index (χ2v) is 3.78. The summed E-state index contributed by atoms with van der Waals surface area (Å²) >= 11 is 0. The minimum Gasteiger partial charge on any atom is -0.383 e. The van der Waals surface area contributed by atoms with Crippen molar-refractivity contribution in [1.29, 1.82) is 0 Å². The second kappa shape index (κ2) is 6.55. The van der Waals surface area contributed by atoms with E-state index in [-0.39, 0.29) is 11.6 Å². The summed E-state index contributed by atoms with van der Waals surface area (Å²) in [5.74, 6) is 0. The van der Waals surface area contributed by atoms with Crippen molar-refractivity contribution in [3.05, 3.63) is 35.4 Å². The SMILES string of the molecule is COCC(C)NCc1cccc(C(F)F)c1. The zero-order chi connectivity index (χ0) is 12.0. The van der Waals surface area contributed by atoms with E-state index in [2.05, 4.69) is 5.32 Å². The molecule has 0 amide bonds. The van der Waals surface area contributed by atoms with Crippen LogP contribution in [0.15, 0.2) is 24.3 Å². The molecule has 0 aliphatic heterocycles. The number of halogens is 2. The Balaban J connectivity index is 2.50. The molecule has 1 unspecified atom stereocenters. The summed E-state index contributed by atoms with van der Waals surface area (Å²) in [5, 5.41) is 3.20. The third-order valence-electron chi connectivity index (χ3n) is 2.27. The number of ether oxygens (including phenoxy) is 1. The van der Waals surface area contributed by atoms with E-state index in [0.717, 1.165) is 5.56 Å². The summed E-state index contributed by atoms with van der Waals surface area (Å²) in [6.07, 6.45) is -2.41. The van der Waals surface area contributed by atoms with Crippen LogP contribution >= 0.6 is 0 Å². The number of nitrogens with one attached hydrogen (secondary N) is 1. The molecule has 2 nitrogen and oxygen atoms in total. The molecule has 0 aliphatic carbocycles. The summed E-state index contributed by atoms with van der Waals surface area (Å²) in [5.41, 5.74) is 0.930. The average Bonchev–Trinajstić information content (AvgIpc) is 2.27. The maximum absolute atomic E-state index is 12.4. The normalized spacial score (nSPS) is 13.1. The molecule has 0 fully saturated rings. The molecule has 1 N–H and O–H groups in total. The van der Waals surface area contributed by atoms with Crippen molar-refractivity contribution in [3.63, 3.8) is 0 Å². The largest absolute Gasteiger partial charge is 0.383 e. The molecule has 0 radical (unpaired) electrons. The zero-order valence-corrected chi connectivity index (χ0v) is 9.54. The van der Waals surface area contributed by atoms with Gasteiger partial charge in [-0.2, -0.15) is 0 Å². The molecule has 0 aromatic heterocycles. The molecular weight excluding hydrogens is 212 g/mol. The zero-order valence-electron chi connectivity index (χ0n) is 9.54. The molecule has 4 heteroatoms. The van der Waals surface area contributed by atoms with Crippen LogP contribution in [-0.2, 0) is 11.3 Å². The van der Waals surface area contributed by atoms with Crippen LogP contribution in [0.4, 0.5) is 8.78 Å². The van der Waals surface area contributed by atoms with Gasteiger partial charge in [0.25, 0.3) is 6.43 Å². The first-order chi connectivity index (χ1) is 7.63. The lowest BCUT2D eigenvalue weighted by Gasteiger charge is -2.13. The van der Waals surface area contributed by atoms with E-state index in [4.69, 9.17) is 4.74 Å². The second-order valence-electron chi connectivity index (χ2n) is 3.78. The molecule has 1 atom stereocenters.